The summed E-state index contributed by atoms with van der Waals surface area (Å²) in [5.41, 5.74) is 7.25. The molecule has 0 spiro atoms. The minimum Gasteiger partial charge on any atom is -0.353 e. The lowest BCUT2D eigenvalue weighted by Gasteiger charge is -2.26. The highest BCUT2D eigenvalue weighted by Crippen LogP contribution is 2.38. The minimum absolute atomic E-state index is 0.0687. The molecule has 1 heterocycles. The van der Waals surface area contributed by atoms with Crippen LogP contribution in [-0.4, -0.2) is 17.6 Å². The Morgan fingerprint density at radius 3 is 2.76 bits per heavy atom. The van der Waals surface area contributed by atoms with E-state index in [9.17, 15) is 0 Å². The first-order valence-corrected chi connectivity index (χ1v) is 6.73. The van der Waals surface area contributed by atoms with Crippen LogP contribution < -0.4 is 10.6 Å². The Labute approximate surface area is 103 Å². The number of rotatable bonds is 5. The Kier molecular flexibility index (Phi) is 2.79. The van der Waals surface area contributed by atoms with Crippen molar-refractivity contribution >= 4 is 5.82 Å². The van der Waals surface area contributed by atoms with Gasteiger partial charge in [0.25, 0.3) is 0 Å². The number of hydrogen-bond acceptors (Lipinski definition) is 3. The van der Waals surface area contributed by atoms with Gasteiger partial charge in [-0.3, -0.25) is 0 Å². The van der Waals surface area contributed by atoms with Gasteiger partial charge in [0.15, 0.2) is 0 Å². The van der Waals surface area contributed by atoms with Crippen LogP contribution >= 0.6 is 0 Å². The Morgan fingerprint density at radius 1 is 1.41 bits per heavy atom. The van der Waals surface area contributed by atoms with Crippen LogP contribution in [-0.2, 0) is 0 Å². The van der Waals surface area contributed by atoms with E-state index in [0.29, 0.717) is 0 Å². The van der Waals surface area contributed by atoms with Gasteiger partial charge in [-0.1, -0.05) is 6.07 Å². The molecule has 3 nitrogen and oxygen atoms in total. The third-order valence-corrected chi connectivity index (χ3v) is 3.72. The van der Waals surface area contributed by atoms with Crippen molar-refractivity contribution in [1.82, 2.24) is 4.98 Å². The van der Waals surface area contributed by atoms with E-state index in [2.05, 4.69) is 16.0 Å². The van der Waals surface area contributed by atoms with E-state index in [4.69, 9.17) is 5.73 Å². The fourth-order valence-electron chi connectivity index (χ4n) is 2.38. The SMILES string of the molecule is C[C@@H](N)c1cccnc1N(CC1CC1)C1CC1. The Morgan fingerprint density at radius 2 is 2.18 bits per heavy atom. The zero-order valence-corrected chi connectivity index (χ0v) is 10.5. The average molecular weight is 231 g/mol. The molecule has 0 aromatic carbocycles. The topological polar surface area (TPSA) is 42.1 Å². The standard InChI is InChI=1S/C14H21N3/c1-10(15)13-3-2-8-16-14(13)17(12-6-7-12)9-11-4-5-11/h2-3,8,10-12H,4-7,9,15H2,1H3/t10-/m1/s1. The molecule has 0 bridgehead atoms. The molecule has 2 N–H and O–H groups in total. The summed E-state index contributed by atoms with van der Waals surface area (Å²) in [5, 5.41) is 0. The van der Waals surface area contributed by atoms with Crippen molar-refractivity contribution in [1.29, 1.82) is 0 Å². The summed E-state index contributed by atoms with van der Waals surface area (Å²) in [5.74, 6) is 2.04. The molecule has 0 aliphatic heterocycles. The first kappa shape index (κ1) is 11.0. The molecule has 1 aromatic heterocycles. The van der Waals surface area contributed by atoms with Crippen LogP contribution in [0, 0.1) is 5.92 Å². The predicted molar refractivity (Wildman–Crippen MR) is 69.9 cm³/mol. The van der Waals surface area contributed by atoms with Crippen LogP contribution in [0.25, 0.3) is 0 Å². The molecule has 2 saturated carbocycles. The van der Waals surface area contributed by atoms with Crippen LogP contribution in [0.15, 0.2) is 18.3 Å². The highest BCUT2D eigenvalue weighted by Gasteiger charge is 2.35. The summed E-state index contributed by atoms with van der Waals surface area (Å²) in [6.45, 7) is 3.23. The maximum Gasteiger partial charge on any atom is 0.133 e. The number of pyridine rings is 1. The molecular formula is C14H21N3. The first-order chi connectivity index (χ1) is 8.25. The third-order valence-electron chi connectivity index (χ3n) is 3.72. The highest BCUT2D eigenvalue weighted by atomic mass is 15.2. The smallest absolute Gasteiger partial charge is 0.133 e. The molecule has 2 aliphatic carbocycles. The van der Waals surface area contributed by atoms with E-state index in [1.165, 1.54) is 37.8 Å². The Hall–Kier alpha value is -1.09. The molecule has 3 heteroatoms. The van der Waals surface area contributed by atoms with Gasteiger partial charge in [0.05, 0.1) is 0 Å². The molecular weight excluding hydrogens is 210 g/mol. The third kappa shape index (κ3) is 2.44. The molecule has 92 valence electrons. The number of nitrogens with zero attached hydrogens (tertiary/aromatic N) is 2. The quantitative estimate of drug-likeness (QED) is 0.846. The van der Waals surface area contributed by atoms with Gasteiger partial charge in [-0.05, 0) is 44.6 Å². The fraction of sp³-hybridized carbons (Fsp3) is 0.643. The van der Waals surface area contributed by atoms with Crippen molar-refractivity contribution in [2.24, 2.45) is 11.7 Å². The summed E-state index contributed by atoms with van der Waals surface area (Å²) >= 11 is 0. The molecule has 0 saturated heterocycles. The lowest BCUT2D eigenvalue weighted by Crippen LogP contribution is -2.30. The van der Waals surface area contributed by atoms with Gasteiger partial charge in [-0.25, -0.2) is 4.98 Å². The van der Waals surface area contributed by atoms with Crippen molar-refractivity contribution < 1.29 is 0 Å². The van der Waals surface area contributed by atoms with Crippen LogP contribution in [0.1, 0.15) is 44.2 Å². The molecule has 0 radical (unpaired) electrons. The highest BCUT2D eigenvalue weighted by molar-refractivity contribution is 5.50. The molecule has 3 rings (SSSR count). The van der Waals surface area contributed by atoms with E-state index >= 15 is 0 Å². The summed E-state index contributed by atoms with van der Waals surface area (Å²) in [6, 6.07) is 4.90. The lowest BCUT2D eigenvalue weighted by molar-refractivity contribution is 0.694. The van der Waals surface area contributed by atoms with Crippen molar-refractivity contribution in [2.75, 3.05) is 11.4 Å². The van der Waals surface area contributed by atoms with Crippen LogP contribution in [0.5, 0.6) is 0 Å². The molecule has 0 amide bonds. The number of aromatic nitrogens is 1. The maximum absolute atomic E-state index is 6.05. The van der Waals surface area contributed by atoms with E-state index in [1.54, 1.807) is 0 Å². The molecule has 2 aliphatic rings. The Bertz CT molecular complexity index is 394. The monoisotopic (exact) mass is 231 g/mol. The molecule has 1 aromatic rings. The van der Waals surface area contributed by atoms with Gasteiger partial charge in [0.1, 0.15) is 5.82 Å². The maximum atomic E-state index is 6.05. The molecule has 2 fully saturated rings. The van der Waals surface area contributed by atoms with Crippen molar-refractivity contribution in [3.8, 4) is 0 Å². The predicted octanol–water partition coefficient (Wildman–Crippen LogP) is 2.48. The minimum atomic E-state index is 0.0687. The second kappa shape index (κ2) is 4.30. The average Bonchev–Trinajstić information content (AvgIpc) is 3.17. The molecule has 1 atom stereocenters. The van der Waals surface area contributed by atoms with Gasteiger partial charge < -0.3 is 10.6 Å². The zero-order valence-electron chi connectivity index (χ0n) is 10.5. The van der Waals surface area contributed by atoms with Gasteiger partial charge >= 0.3 is 0 Å². The summed E-state index contributed by atoms with van der Waals surface area (Å²) in [6.07, 6.45) is 7.32. The van der Waals surface area contributed by atoms with Crippen molar-refractivity contribution in [2.45, 2.75) is 44.7 Å². The van der Waals surface area contributed by atoms with Gasteiger partial charge in [-0.2, -0.15) is 0 Å². The fourth-order valence-corrected chi connectivity index (χ4v) is 2.38. The number of nitrogens with two attached hydrogens (primary N) is 1. The summed E-state index contributed by atoms with van der Waals surface area (Å²) < 4.78 is 0. The zero-order chi connectivity index (χ0) is 11.8. The van der Waals surface area contributed by atoms with E-state index < -0.39 is 0 Å². The number of hydrogen-bond donors (Lipinski definition) is 1. The van der Waals surface area contributed by atoms with E-state index in [1.807, 2.05) is 19.2 Å². The van der Waals surface area contributed by atoms with Crippen LogP contribution in [0.4, 0.5) is 5.82 Å². The van der Waals surface area contributed by atoms with Gasteiger partial charge in [0, 0.05) is 30.4 Å². The first-order valence-electron chi connectivity index (χ1n) is 6.73. The molecule has 17 heavy (non-hydrogen) atoms. The van der Waals surface area contributed by atoms with Crippen LogP contribution in [0.2, 0.25) is 0 Å². The second-order valence-corrected chi connectivity index (χ2v) is 5.53. The summed E-state index contributed by atoms with van der Waals surface area (Å²) in [4.78, 5) is 7.10. The van der Waals surface area contributed by atoms with Gasteiger partial charge in [0.2, 0.25) is 0 Å². The number of anilines is 1. The Balaban J connectivity index is 1.87. The second-order valence-electron chi connectivity index (χ2n) is 5.53. The van der Waals surface area contributed by atoms with Gasteiger partial charge in [-0.15, -0.1) is 0 Å². The molecule has 0 unspecified atom stereocenters. The van der Waals surface area contributed by atoms with Crippen LogP contribution in [0.3, 0.4) is 0 Å². The van der Waals surface area contributed by atoms with E-state index in [-0.39, 0.29) is 6.04 Å². The normalized spacial score (nSPS) is 21.3. The van der Waals surface area contributed by atoms with Crippen molar-refractivity contribution in [3.05, 3.63) is 23.9 Å². The van der Waals surface area contributed by atoms with E-state index in [0.717, 1.165) is 17.8 Å². The lowest BCUT2D eigenvalue weighted by atomic mass is 10.1. The summed E-state index contributed by atoms with van der Waals surface area (Å²) in [7, 11) is 0. The largest absolute Gasteiger partial charge is 0.353 e. The van der Waals surface area contributed by atoms with Crippen molar-refractivity contribution in [3.63, 3.8) is 0 Å².